The zero-order valence-electron chi connectivity index (χ0n) is 24.8. The summed E-state index contributed by atoms with van der Waals surface area (Å²) >= 11 is 0. The second kappa shape index (κ2) is 13.1. The Hall–Kier alpha value is -5.01. The number of carbonyl (C=O) groups excluding carboxylic acids is 2. The fourth-order valence-electron chi connectivity index (χ4n) is 4.32. The molecule has 3 aromatic rings. The molecule has 2 amide bonds. The molecule has 0 unspecified atom stereocenters. The summed E-state index contributed by atoms with van der Waals surface area (Å²) in [5, 5.41) is 8.22. The molecule has 2 heterocycles. The topological polar surface area (TPSA) is 121 Å². The van der Waals surface area contributed by atoms with Crippen LogP contribution >= 0.6 is 0 Å². The van der Waals surface area contributed by atoms with Crippen LogP contribution < -0.4 is 25.6 Å². The van der Waals surface area contributed by atoms with Crippen LogP contribution in [0.5, 0.6) is 5.75 Å². The third-order valence-electron chi connectivity index (χ3n) is 6.40. The SMILES string of the molecule is C=CC(=O)Nc1cccc(Nc2ncc(C(F)(F)F)c(Nc3ccc(N4CCN(C(=O)OC(C)(C)C)CC4)cc3OC)n2)c1. The van der Waals surface area contributed by atoms with Gasteiger partial charge in [0, 0.05) is 55.5 Å². The number of carbonyl (C=O) groups is 2. The molecular weight excluding hydrogens is 579 g/mol. The van der Waals surface area contributed by atoms with Crippen LogP contribution in [0.4, 0.5) is 52.5 Å². The zero-order valence-corrected chi connectivity index (χ0v) is 24.8. The van der Waals surface area contributed by atoms with Gasteiger partial charge in [0.1, 0.15) is 22.7 Å². The highest BCUT2D eigenvalue weighted by Crippen LogP contribution is 2.38. The van der Waals surface area contributed by atoms with E-state index in [0.717, 1.165) is 11.8 Å². The Morgan fingerprint density at radius 1 is 1.00 bits per heavy atom. The Bertz CT molecular complexity index is 1520. The zero-order chi connectivity index (χ0) is 32.1. The Kier molecular flexibility index (Phi) is 9.50. The molecule has 1 aliphatic heterocycles. The molecule has 3 N–H and O–H groups in total. The number of aromatic nitrogens is 2. The third-order valence-corrected chi connectivity index (χ3v) is 6.40. The number of amides is 2. The summed E-state index contributed by atoms with van der Waals surface area (Å²) in [5.41, 5.74) is 0.257. The van der Waals surface area contributed by atoms with Gasteiger partial charge in [-0.05, 0) is 57.2 Å². The van der Waals surface area contributed by atoms with Crippen LogP contribution in [-0.2, 0) is 15.7 Å². The number of anilines is 6. The number of piperazine rings is 1. The van der Waals surface area contributed by atoms with Gasteiger partial charge in [-0.1, -0.05) is 12.6 Å². The van der Waals surface area contributed by atoms with Crippen LogP contribution in [0.2, 0.25) is 0 Å². The monoisotopic (exact) mass is 613 g/mol. The average molecular weight is 614 g/mol. The summed E-state index contributed by atoms with van der Waals surface area (Å²) in [4.78, 5) is 35.7. The fraction of sp³-hybridized carbons (Fsp3) is 0.333. The number of rotatable bonds is 8. The van der Waals surface area contributed by atoms with Gasteiger partial charge in [-0.15, -0.1) is 0 Å². The largest absolute Gasteiger partial charge is 0.494 e. The first-order valence-electron chi connectivity index (χ1n) is 13.7. The van der Waals surface area contributed by atoms with E-state index in [1.165, 1.54) is 7.11 Å². The van der Waals surface area contributed by atoms with Crippen molar-refractivity contribution in [2.75, 3.05) is 54.1 Å². The molecule has 1 fully saturated rings. The maximum atomic E-state index is 13.9. The van der Waals surface area contributed by atoms with E-state index < -0.39 is 29.1 Å². The number of hydrogen-bond acceptors (Lipinski definition) is 9. The quantitative estimate of drug-likeness (QED) is 0.256. The number of hydrogen-bond donors (Lipinski definition) is 3. The summed E-state index contributed by atoms with van der Waals surface area (Å²) in [7, 11) is 1.42. The predicted octanol–water partition coefficient (Wildman–Crippen LogP) is 6.17. The van der Waals surface area contributed by atoms with E-state index in [-0.39, 0.29) is 17.7 Å². The van der Waals surface area contributed by atoms with E-state index in [1.54, 1.807) is 47.4 Å². The first-order valence-corrected chi connectivity index (χ1v) is 13.7. The van der Waals surface area contributed by atoms with Crippen molar-refractivity contribution < 1.29 is 32.2 Å². The molecule has 14 heteroatoms. The molecule has 0 bridgehead atoms. The van der Waals surface area contributed by atoms with E-state index in [4.69, 9.17) is 9.47 Å². The second-order valence-corrected chi connectivity index (χ2v) is 10.8. The standard InChI is InChI=1S/C30H34F3N7O4/c1-6-25(41)35-19-8-7-9-20(16-19)36-27-34-18-22(30(31,32)33)26(38-27)37-23-11-10-21(17-24(23)43-5)39-12-14-40(15-13-39)28(42)44-29(2,3)4/h6-11,16-18H,1,12-15H2,2-5H3,(H,35,41)(H2,34,36,37,38). The molecular formula is C30H34F3N7O4. The number of nitrogens with zero attached hydrogens (tertiary/aromatic N) is 4. The van der Waals surface area contributed by atoms with E-state index in [0.29, 0.717) is 49.5 Å². The molecule has 1 saturated heterocycles. The Morgan fingerprint density at radius 3 is 2.34 bits per heavy atom. The normalized spacial score (nSPS) is 13.6. The average Bonchev–Trinajstić information content (AvgIpc) is 2.96. The molecule has 4 rings (SSSR count). The fourth-order valence-corrected chi connectivity index (χ4v) is 4.32. The first kappa shape index (κ1) is 31.9. The van der Waals surface area contributed by atoms with Crippen LogP contribution in [0, 0.1) is 0 Å². The van der Waals surface area contributed by atoms with Gasteiger partial charge in [-0.2, -0.15) is 18.2 Å². The second-order valence-electron chi connectivity index (χ2n) is 10.8. The van der Waals surface area contributed by atoms with E-state index in [1.807, 2.05) is 25.7 Å². The summed E-state index contributed by atoms with van der Waals surface area (Å²) in [6.07, 6.45) is -3.31. The van der Waals surface area contributed by atoms with Crippen LogP contribution in [0.15, 0.2) is 61.3 Å². The number of nitrogens with one attached hydrogen (secondary N) is 3. The lowest BCUT2D eigenvalue weighted by Crippen LogP contribution is -2.50. The smallest absolute Gasteiger partial charge is 0.421 e. The van der Waals surface area contributed by atoms with Crippen molar-refractivity contribution >= 4 is 46.5 Å². The van der Waals surface area contributed by atoms with Crippen LogP contribution in [0.25, 0.3) is 0 Å². The molecule has 234 valence electrons. The molecule has 11 nitrogen and oxygen atoms in total. The Labute approximate surface area is 253 Å². The molecule has 44 heavy (non-hydrogen) atoms. The highest BCUT2D eigenvalue weighted by Gasteiger charge is 2.36. The van der Waals surface area contributed by atoms with Crippen molar-refractivity contribution in [1.29, 1.82) is 0 Å². The summed E-state index contributed by atoms with van der Waals surface area (Å²) in [6, 6.07) is 11.6. The van der Waals surface area contributed by atoms with Crippen LogP contribution in [-0.4, -0.2) is 65.8 Å². The summed E-state index contributed by atoms with van der Waals surface area (Å²) in [5.74, 6) is -0.708. The minimum Gasteiger partial charge on any atom is -0.494 e. The number of benzene rings is 2. The lowest BCUT2D eigenvalue weighted by molar-refractivity contribution is -0.137. The first-order chi connectivity index (χ1) is 20.8. The molecule has 0 radical (unpaired) electrons. The highest BCUT2D eigenvalue weighted by atomic mass is 19.4. The van der Waals surface area contributed by atoms with Crippen molar-refractivity contribution in [2.24, 2.45) is 0 Å². The molecule has 1 aliphatic rings. The number of halogens is 3. The van der Waals surface area contributed by atoms with Gasteiger partial charge in [-0.3, -0.25) is 4.79 Å². The maximum Gasteiger partial charge on any atom is 0.421 e. The van der Waals surface area contributed by atoms with Gasteiger partial charge in [-0.25, -0.2) is 9.78 Å². The van der Waals surface area contributed by atoms with Gasteiger partial charge in [0.2, 0.25) is 11.9 Å². The van der Waals surface area contributed by atoms with E-state index in [2.05, 4.69) is 32.5 Å². The van der Waals surface area contributed by atoms with Gasteiger partial charge in [0.05, 0.1) is 12.8 Å². The Morgan fingerprint density at radius 2 is 1.70 bits per heavy atom. The van der Waals surface area contributed by atoms with Crippen molar-refractivity contribution in [3.63, 3.8) is 0 Å². The molecule has 2 aromatic carbocycles. The third kappa shape index (κ3) is 8.30. The predicted molar refractivity (Wildman–Crippen MR) is 162 cm³/mol. The lowest BCUT2D eigenvalue weighted by Gasteiger charge is -2.37. The highest BCUT2D eigenvalue weighted by molar-refractivity contribution is 5.99. The van der Waals surface area contributed by atoms with Crippen molar-refractivity contribution in [3.8, 4) is 5.75 Å². The van der Waals surface area contributed by atoms with E-state index >= 15 is 0 Å². The molecule has 1 aromatic heterocycles. The number of methoxy groups -OCH3 is 1. The number of ether oxygens (including phenoxy) is 2. The van der Waals surface area contributed by atoms with Gasteiger partial charge in [0.25, 0.3) is 0 Å². The Balaban J connectivity index is 1.53. The van der Waals surface area contributed by atoms with E-state index in [9.17, 15) is 22.8 Å². The molecule has 0 aliphatic carbocycles. The lowest BCUT2D eigenvalue weighted by atomic mass is 10.2. The van der Waals surface area contributed by atoms with Gasteiger partial charge >= 0.3 is 12.3 Å². The van der Waals surface area contributed by atoms with Crippen LogP contribution in [0.1, 0.15) is 26.3 Å². The summed E-state index contributed by atoms with van der Waals surface area (Å²) in [6.45, 7) is 10.8. The minimum atomic E-state index is -4.74. The van der Waals surface area contributed by atoms with Gasteiger partial charge < -0.3 is 35.2 Å². The van der Waals surface area contributed by atoms with Crippen LogP contribution in [0.3, 0.4) is 0 Å². The minimum absolute atomic E-state index is 0.105. The summed E-state index contributed by atoms with van der Waals surface area (Å²) < 4.78 is 52.7. The van der Waals surface area contributed by atoms with Crippen molar-refractivity contribution in [2.45, 2.75) is 32.5 Å². The van der Waals surface area contributed by atoms with Gasteiger partial charge in [0.15, 0.2) is 0 Å². The maximum absolute atomic E-state index is 13.9. The molecule has 0 atom stereocenters. The van der Waals surface area contributed by atoms with Crippen molar-refractivity contribution in [3.05, 3.63) is 66.9 Å². The molecule has 0 saturated carbocycles. The van der Waals surface area contributed by atoms with Crippen molar-refractivity contribution in [1.82, 2.24) is 14.9 Å². The molecule has 0 spiro atoms. The number of alkyl halides is 3.